The van der Waals surface area contributed by atoms with Crippen molar-refractivity contribution in [2.75, 3.05) is 36.5 Å². The van der Waals surface area contributed by atoms with Crippen LogP contribution in [0.25, 0.3) is 0 Å². The van der Waals surface area contributed by atoms with Crippen LogP contribution in [0.15, 0.2) is 6.20 Å². The average Bonchev–Trinajstić information content (AvgIpc) is 2.32. The first-order valence-electron chi connectivity index (χ1n) is 6.16. The summed E-state index contributed by atoms with van der Waals surface area (Å²) >= 11 is 6.22. The Hall–Kier alpha value is -1.07. The number of ether oxygens (including phenoxy) is 1. The maximum Gasteiger partial charge on any atom is 0.224 e. The number of nitrogens with zero attached hydrogens (tertiary/aromatic N) is 3. The SMILES string of the molecule is CCNc1ncc(Cl)c(N2CCOCC2(C)C)n1. The standard InChI is InChI=1S/C12H19ClN4O/c1-4-14-11-15-7-9(13)10(16-11)17-5-6-18-8-12(17,2)3/h7H,4-6,8H2,1-3H3,(H,14,15,16). The lowest BCUT2D eigenvalue weighted by molar-refractivity contribution is 0.0639. The van der Waals surface area contributed by atoms with Crippen LogP contribution in [0.3, 0.4) is 0 Å². The van der Waals surface area contributed by atoms with Crippen LogP contribution in [0.1, 0.15) is 20.8 Å². The van der Waals surface area contributed by atoms with Crippen LogP contribution >= 0.6 is 11.6 Å². The summed E-state index contributed by atoms with van der Waals surface area (Å²) in [4.78, 5) is 10.8. The molecule has 0 saturated carbocycles. The molecule has 5 nitrogen and oxygen atoms in total. The molecule has 1 saturated heterocycles. The van der Waals surface area contributed by atoms with Crippen molar-refractivity contribution in [3.63, 3.8) is 0 Å². The third-order valence-electron chi connectivity index (χ3n) is 2.96. The Balaban J connectivity index is 2.33. The fraction of sp³-hybridized carbons (Fsp3) is 0.667. The van der Waals surface area contributed by atoms with Gasteiger partial charge in [0.2, 0.25) is 5.95 Å². The lowest BCUT2D eigenvalue weighted by atomic mass is 10.0. The molecule has 0 atom stereocenters. The molecule has 0 spiro atoms. The van der Waals surface area contributed by atoms with Gasteiger partial charge in [0.05, 0.1) is 24.9 Å². The van der Waals surface area contributed by atoms with E-state index < -0.39 is 0 Å². The maximum absolute atomic E-state index is 6.22. The lowest BCUT2D eigenvalue weighted by Gasteiger charge is -2.43. The van der Waals surface area contributed by atoms with Gasteiger partial charge in [-0.05, 0) is 20.8 Å². The Morgan fingerprint density at radius 3 is 3.00 bits per heavy atom. The van der Waals surface area contributed by atoms with Crippen LogP contribution in [0.5, 0.6) is 0 Å². The van der Waals surface area contributed by atoms with Crippen LogP contribution < -0.4 is 10.2 Å². The third-order valence-corrected chi connectivity index (χ3v) is 3.23. The molecule has 0 bridgehead atoms. The molecule has 6 heteroatoms. The van der Waals surface area contributed by atoms with E-state index in [-0.39, 0.29) is 5.54 Å². The largest absolute Gasteiger partial charge is 0.377 e. The van der Waals surface area contributed by atoms with Crippen LogP contribution in [0.2, 0.25) is 5.02 Å². The molecule has 0 aromatic carbocycles. The van der Waals surface area contributed by atoms with Gasteiger partial charge in [-0.15, -0.1) is 0 Å². The summed E-state index contributed by atoms with van der Waals surface area (Å²) in [6.45, 7) is 9.19. The highest BCUT2D eigenvalue weighted by Crippen LogP contribution is 2.31. The number of anilines is 2. The predicted octanol–water partition coefficient (Wildman–Crippen LogP) is 2.18. The van der Waals surface area contributed by atoms with Gasteiger partial charge in [-0.1, -0.05) is 11.6 Å². The van der Waals surface area contributed by atoms with E-state index in [4.69, 9.17) is 16.3 Å². The fourth-order valence-corrected chi connectivity index (χ4v) is 2.23. The smallest absolute Gasteiger partial charge is 0.224 e. The quantitative estimate of drug-likeness (QED) is 0.912. The second kappa shape index (κ2) is 5.28. The summed E-state index contributed by atoms with van der Waals surface area (Å²) in [7, 11) is 0. The minimum Gasteiger partial charge on any atom is -0.377 e. The van der Waals surface area contributed by atoms with Gasteiger partial charge in [0, 0.05) is 13.1 Å². The van der Waals surface area contributed by atoms with Gasteiger partial charge < -0.3 is 15.0 Å². The first kappa shape index (κ1) is 13.4. The highest BCUT2D eigenvalue weighted by molar-refractivity contribution is 6.32. The van der Waals surface area contributed by atoms with E-state index in [0.717, 1.165) is 18.9 Å². The highest BCUT2D eigenvalue weighted by Gasteiger charge is 2.33. The molecule has 100 valence electrons. The number of aromatic nitrogens is 2. The van der Waals surface area contributed by atoms with Gasteiger partial charge >= 0.3 is 0 Å². The minimum absolute atomic E-state index is 0.111. The molecule has 1 N–H and O–H groups in total. The van der Waals surface area contributed by atoms with Gasteiger partial charge in [0.25, 0.3) is 0 Å². The Kier molecular flexibility index (Phi) is 3.92. The van der Waals surface area contributed by atoms with E-state index >= 15 is 0 Å². The molecule has 2 heterocycles. The topological polar surface area (TPSA) is 50.3 Å². The van der Waals surface area contributed by atoms with Crippen molar-refractivity contribution >= 4 is 23.4 Å². The van der Waals surface area contributed by atoms with Crippen molar-refractivity contribution in [2.45, 2.75) is 26.3 Å². The zero-order chi connectivity index (χ0) is 13.2. The number of halogens is 1. The molecule has 2 rings (SSSR count). The summed E-state index contributed by atoms with van der Waals surface area (Å²) in [6, 6.07) is 0. The second-order valence-electron chi connectivity index (χ2n) is 4.91. The Bertz CT molecular complexity index is 425. The first-order valence-corrected chi connectivity index (χ1v) is 6.54. The molecule has 1 aliphatic heterocycles. The Morgan fingerprint density at radius 1 is 1.56 bits per heavy atom. The first-order chi connectivity index (χ1) is 8.54. The highest BCUT2D eigenvalue weighted by atomic mass is 35.5. The van der Waals surface area contributed by atoms with Crippen molar-refractivity contribution in [1.82, 2.24) is 9.97 Å². The predicted molar refractivity (Wildman–Crippen MR) is 73.4 cm³/mol. The second-order valence-corrected chi connectivity index (χ2v) is 5.32. The van der Waals surface area contributed by atoms with E-state index in [1.807, 2.05) is 6.92 Å². The van der Waals surface area contributed by atoms with E-state index in [9.17, 15) is 0 Å². The Morgan fingerprint density at radius 2 is 2.33 bits per heavy atom. The maximum atomic E-state index is 6.22. The average molecular weight is 271 g/mol. The molecule has 0 unspecified atom stereocenters. The van der Waals surface area contributed by atoms with E-state index in [1.54, 1.807) is 6.20 Å². The van der Waals surface area contributed by atoms with E-state index in [1.165, 1.54) is 0 Å². The molecule has 0 amide bonds. The molecule has 1 aromatic heterocycles. The van der Waals surface area contributed by atoms with Crippen LogP contribution in [0.4, 0.5) is 11.8 Å². The zero-order valence-electron chi connectivity index (χ0n) is 11.0. The molecule has 0 aliphatic carbocycles. The van der Waals surface area contributed by atoms with Gasteiger partial charge in [0.1, 0.15) is 5.02 Å². The molecular formula is C12H19ClN4O. The van der Waals surface area contributed by atoms with Gasteiger partial charge in [-0.2, -0.15) is 4.98 Å². The van der Waals surface area contributed by atoms with Crippen molar-refractivity contribution in [3.8, 4) is 0 Å². The van der Waals surface area contributed by atoms with Crippen molar-refractivity contribution in [2.24, 2.45) is 0 Å². The van der Waals surface area contributed by atoms with Crippen molar-refractivity contribution < 1.29 is 4.74 Å². The fourth-order valence-electron chi connectivity index (χ4n) is 2.04. The normalized spacial score (nSPS) is 18.8. The number of nitrogens with one attached hydrogen (secondary N) is 1. The summed E-state index contributed by atoms with van der Waals surface area (Å²) < 4.78 is 5.51. The van der Waals surface area contributed by atoms with Gasteiger partial charge in [-0.25, -0.2) is 4.98 Å². The minimum atomic E-state index is -0.111. The summed E-state index contributed by atoms with van der Waals surface area (Å²) in [5, 5.41) is 3.68. The lowest BCUT2D eigenvalue weighted by Crippen LogP contribution is -2.53. The van der Waals surface area contributed by atoms with E-state index in [2.05, 4.69) is 34.0 Å². The van der Waals surface area contributed by atoms with Crippen LogP contribution in [-0.4, -0.2) is 41.8 Å². The number of hydrogen-bond donors (Lipinski definition) is 1. The van der Waals surface area contributed by atoms with E-state index in [0.29, 0.717) is 24.2 Å². The monoisotopic (exact) mass is 270 g/mol. The summed E-state index contributed by atoms with van der Waals surface area (Å²) in [6.07, 6.45) is 1.65. The molecule has 1 aliphatic rings. The van der Waals surface area contributed by atoms with Gasteiger partial charge in [0.15, 0.2) is 5.82 Å². The number of rotatable bonds is 3. The van der Waals surface area contributed by atoms with Crippen molar-refractivity contribution in [1.29, 1.82) is 0 Å². The molecular weight excluding hydrogens is 252 g/mol. The summed E-state index contributed by atoms with van der Waals surface area (Å²) in [5.41, 5.74) is -0.111. The van der Waals surface area contributed by atoms with Gasteiger partial charge in [-0.3, -0.25) is 0 Å². The Labute approximate surface area is 113 Å². The zero-order valence-corrected chi connectivity index (χ0v) is 11.8. The summed E-state index contributed by atoms with van der Waals surface area (Å²) in [5.74, 6) is 1.38. The van der Waals surface area contributed by atoms with Crippen molar-refractivity contribution in [3.05, 3.63) is 11.2 Å². The molecule has 18 heavy (non-hydrogen) atoms. The number of morpholine rings is 1. The third kappa shape index (κ3) is 2.67. The van der Waals surface area contributed by atoms with Crippen LogP contribution in [-0.2, 0) is 4.74 Å². The molecule has 1 aromatic rings. The molecule has 0 radical (unpaired) electrons. The number of hydrogen-bond acceptors (Lipinski definition) is 5. The van der Waals surface area contributed by atoms with Crippen LogP contribution in [0, 0.1) is 0 Å². The molecule has 1 fully saturated rings.